The summed E-state index contributed by atoms with van der Waals surface area (Å²) in [5, 5.41) is 5.74. The van der Waals surface area contributed by atoms with E-state index in [1.807, 2.05) is 22.8 Å². The molecule has 1 unspecified atom stereocenters. The van der Waals surface area contributed by atoms with Crippen LogP contribution >= 0.6 is 11.3 Å². The minimum atomic E-state index is -0.234. The van der Waals surface area contributed by atoms with Crippen molar-refractivity contribution in [2.75, 3.05) is 13.1 Å². The maximum absolute atomic E-state index is 11.6. The van der Waals surface area contributed by atoms with Crippen LogP contribution in [-0.4, -0.2) is 49.5 Å². The normalized spacial score (nSPS) is 16.9. The minimum absolute atomic E-state index is 0.189. The molecule has 7 nitrogen and oxygen atoms in total. The number of hydrogen-bond donors (Lipinski definition) is 2. The van der Waals surface area contributed by atoms with E-state index in [1.165, 1.54) is 31.9 Å². The zero-order valence-corrected chi connectivity index (χ0v) is 20.8. The number of nitrogens with two attached hydrogens (primary N) is 1. The summed E-state index contributed by atoms with van der Waals surface area (Å²) in [6.07, 6.45) is 5.80. The number of hydrogen-bond acceptors (Lipinski definition) is 5. The highest BCUT2D eigenvalue weighted by atomic mass is 32.1. The first-order chi connectivity index (χ1) is 15.8. The van der Waals surface area contributed by atoms with Gasteiger partial charge in [0.15, 0.2) is 5.65 Å². The highest BCUT2D eigenvalue weighted by molar-refractivity contribution is 7.19. The second-order valence-electron chi connectivity index (χ2n) is 9.69. The molecule has 4 aromatic rings. The molecular weight excluding hydrogens is 432 g/mol. The molecule has 1 aliphatic heterocycles. The number of aryl methyl sites for hydroxylation is 2. The van der Waals surface area contributed by atoms with E-state index < -0.39 is 0 Å². The van der Waals surface area contributed by atoms with Crippen molar-refractivity contribution in [2.24, 2.45) is 5.73 Å². The van der Waals surface area contributed by atoms with Crippen molar-refractivity contribution in [3.8, 4) is 11.3 Å². The van der Waals surface area contributed by atoms with E-state index in [-0.39, 0.29) is 11.9 Å². The quantitative estimate of drug-likeness (QED) is 0.446. The minimum Gasteiger partial charge on any atom is -0.368 e. The molecule has 1 fully saturated rings. The first kappa shape index (κ1) is 22.1. The molecule has 0 aromatic carbocycles. The number of nitrogens with one attached hydrogen (secondary N) is 1. The highest BCUT2D eigenvalue weighted by Gasteiger charge is 2.30. The maximum Gasteiger partial charge on any atom is 0.234 e. The number of carbonyl (C=O) groups excluding carboxylic acids is 1. The van der Waals surface area contributed by atoms with Gasteiger partial charge in [0.05, 0.1) is 11.7 Å². The predicted molar refractivity (Wildman–Crippen MR) is 134 cm³/mol. The molecule has 5 heterocycles. The smallest absolute Gasteiger partial charge is 0.234 e. The van der Waals surface area contributed by atoms with Gasteiger partial charge >= 0.3 is 0 Å². The molecule has 0 aliphatic carbocycles. The van der Waals surface area contributed by atoms with E-state index in [0.29, 0.717) is 11.8 Å². The molecule has 0 radical (unpaired) electrons. The van der Waals surface area contributed by atoms with E-state index in [0.717, 1.165) is 42.7 Å². The highest BCUT2D eigenvalue weighted by Crippen LogP contribution is 2.46. The molecule has 174 valence electrons. The third kappa shape index (κ3) is 3.65. The fraction of sp³-hybridized carbons (Fsp3) is 0.480. The molecule has 1 saturated heterocycles. The van der Waals surface area contributed by atoms with Crippen LogP contribution in [0, 0.1) is 13.8 Å². The second-order valence-corrected chi connectivity index (χ2v) is 10.7. The molecule has 1 amide bonds. The molecule has 1 aliphatic rings. The number of aromatic nitrogens is 4. The van der Waals surface area contributed by atoms with Crippen molar-refractivity contribution < 1.29 is 4.79 Å². The van der Waals surface area contributed by atoms with Crippen LogP contribution in [0.1, 0.15) is 67.0 Å². The third-order valence-electron chi connectivity index (χ3n) is 7.25. The van der Waals surface area contributed by atoms with Gasteiger partial charge in [0, 0.05) is 22.0 Å². The molecule has 0 bridgehead atoms. The molecule has 8 heteroatoms. The Bertz CT molecular complexity index is 1340. The van der Waals surface area contributed by atoms with Crippen molar-refractivity contribution in [1.29, 1.82) is 0 Å². The van der Waals surface area contributed by atoms with Crippen LogP contribution in [0.4, 0.5) is 0 Å². The number of fused-ring (bicyclic) bond motifs is 2. The van der Waals surface area contributed by atoms with E-state index in [9.17, 15) is 4.79 Å². The molecule has 5 rings (SSSR count). The summed E-state index contributed by atoms with van der Waals surface area (Å²) in [7, 11) is 0. The van der Waals surface area contributed by atoms with Crippen molar-refractivity contribution in [1.82, 2.24) is 24.5 Å². The van der Waals surface area contributed by atoms with Gasteiger partial charge in [-0.15, -0.1) is 11.3 Å². The summed E-state index contributed by atoms with van der Waals surface area (Å²) < 4.78 is 1.86. The van der Waals surface area contributed by atoms with Crippen LogP contribution in [-0.2, 0) is 4.79 Å². The standard InChI is InChI=1S/C25H32N6OS/c1-13(2)19-20-15(4)22(17-6-8-30(9-7-17)16(5)23(26)32)33-25(20)29-21(19)18-10-14(3)24-27-12-28-31(24)11-18/h10-13,16-17,29H,6-9H2,1-5H3,(H2,26,32). The van der Waals surface area contributed by atoms with Gasteiger partial charge in [-0.1, -0.05) is 13.8 Å². The lowest BCUT2D eigenvalue weighted by Gasteiger charge is -2.34. The number of thiophene rings is 1. The molecule has 0 spiro atoms. The molecule has 33 heavy (non-hydrogen) atoms. The van der Waals surface area contributed by atoms with Gasteiger partial charge in [-0.3, -0.25) is 9.69 Å². The van der Waals surface area contributed by atoms with Gasteiger partial charge in [0.1, 0.15) is 11.2 Å². The number of aromatic amines is 1. The van der Waals surface area contributed by atoms with Gasteiger partial charge in [0.2, 0.25) is 5.91 Å². The maximum atomic E-state index is 11.6. The number of H-pyrrole nitrogens is 1. The van der Waals surface area contributed by atoms with Crippen molar-refractivity contribution in [2.45, 2.75) is 65.3 Å². The van der Waals surface area contributed by atoms with Gasteiger partial charge in [0.25, 0.3) is 0 Å². The lowest BCUT2D eigenvalue weighted by Crippen LogP contribution is -2.46. The van der Waals surface area contributed by atoms with E-state index in [1.54, 1.807) is 6.33 Å². The summed E-state index contributed by atoms with van der Waals surface area (Å²) in [4.78, 5) is 24.7. The second kappa shape index (κ2) is 8.25. The molecular formula is C25H32N6OS. The summed E-state index contributed by atoms with van der Waals surface area (Å²) in [5.41, 5.74) is 12.7. The van der Waals surface area contributed by atoms with Crippen molar-refractivity contribution >= 4 is 33.1 Å². The Kier molecular flexibility index (Phi) is 5.53. The number of nitrogens with zero attached hydrogens (tertiary/aromatic N) is 4. The lowest BCUT2D eigenvalue weighted by molar-refractivity contribution is -0.123. The summed E-state index contributed by atoms with van der Waals surface area (Å²) in [5.74, 6) is 0.687. The summed E-state index contributed by atoms with van der Waals surface area (Å²) in [6, 6.07) is 2.02. The zero-order chi connectivity index (χ0) is 23.4. The number of rotatable bonds is 5. The average Bonchev–Trinajstić information content (AvgIpc) is 3.48. The SMILES string of the molecule is Cc1c(C2CCN(C(C)C(N)=O)CC2)sc2[nH]c(-c3cc(C)c4ncnn4c3)c(C(C)C)c12. The van der Waals surface area contributed by atoms with E-state index in [4.69, 9.17) is 5.73 Å². The van der Waals surface area contributed by atoms with Crippen LogP contribution in [0.15, 0.2) is 18.6 Å². The number of likely N-dealkylation sites (tertiary alicyclic amines) is 1. The number of piperidine rings is 1. The third-order valence-corrected chi connectivity index (χ3v) is 8.62. The van der Waals surface area contributed by atoms with Crippen LogP contribution in [0.2, 0.25) is 0 Å². The number of carbonyl (C=O) groups is 1. The summed E-state index contributed by atoms with van der Waals surface area (Å²) in [6.45, 7) is 12.7. The zero-order valence-electron chi connectivity index (χ0n) is 20.0. The van der Waals surface area contributed by atoms with Gasteiger partial charge in [-0.25, -0.2) is 9.50 Å². The van der Waals surface area contributed by atoms with Crippen LogP contribution in [0.3, 0.4) is 0 Å². The Hall–Kier alpha value is -2.71. The fourth-order valence-electron chi connectivity index (χ4n) is 5.40. The molecule has 3 N–H and O–H groups in total. The number of amides is 1. The first-order valence-corrected chi connectivity index (χ1v) is 12.6. The largest absolute Gasteiger partial charge is 0.368 e. The van der Waals surface area contributed by atoms with Crippen molar-refractivity contribution in [3.63, 3.8) is 0 Å². The van der Waals surface area contributed by atoms with Crippen molar-refractivity contribution in [3.05, 3.63) is 40.2 Å². The van der Waals surface area contributed by atoms with Crippen LogP contribution in [0.5, 0.6) is 0 Å². The van der Waals surface area contributed by atoms with E-state index >= 15 is 0 Å². The Morgan fingerprint density at radius 3 is 2.64 bits per heavy atom. The lowest BCUT2D eigenvalue weighted by atomic mass is 9.90. The Morgan fingerprint density at radius 1 is 1.24 bits per heavy atom. The number of pyridine rings is 1. The van der Waals surface area contributed by atoms with Gasteiger partial charge < -0.3 is 10.7 Å². The Balaban J connectivity index is 1.52. The van der Waals surface area contributed by atoms with E-state index in [2.05, 4.69) is 59.9 Å². The molecule has 0 saturated carbocycles. The van der Waals surface area contributed by atoms with Gasteiger partial charge in [-0.05, 0) is 81.3 Å². The molecule has 1 atom stereocenters. The Labute approximate surface area is 198 Å². The van der Waals surface area contributed by atoms with Crippen LogP contribution in [0.25, 0.3) is 27.1 Å². The fourth-order valence-corrected chi connectivity index (χ4v) is 6.80. The number of primary amides is 1. The topological polar surface area (TPSA) is 92.3 Å². The summed E-state index contributed by atoms with van der Waals surface area (Å²) >= 11 is 1.90. The Morgan fingerprint density at radius 2 is 1.97 bits per heavy atom. The predicted octanol–water partition coefficient (Wildman–Crippen LogP) is 4.73. The first-order valence-electron chi connectivity index (χ1n) is 11.7. The van der Waals surface area contributed by atoms with Crippen LogP contribution < -0.4 is 5.73 Å². The van der Waals surface area contributed by atoms with Gasteiger partial charge in [-0.2, -0.15) is 5.10 Å². The average molecular weight is 465 g/mol. The molecule has 4 aromatic heterocycles. The monoisotopic (exact) mass is 464 g/mol.